The first-order chi connectivity index (χ1) is 12.6. The van der Waals surface area contributed by atoms with E-state index in [1.807, 2.05) is 6.92 Å². The number of benzene rings is 2. The van der Waals surface area contributed by atoms with Crippen LogP contribution in [0.4, 0.5) is 5.82 Å². The predicted molar refractivity (Wildman–Crippen MR) is 100 cm³/mol. The molecule has 0 saturated heterocycles. The number of carbonyl (C=O) groups excluding carboxylic acids is 1. The van der Waals surface area contributed by atoms with Crippen LogP contribution in [0.15, 0.2) is 65.7 Å². The minimum absolute atomic E-state index is 0.0543. The fraction of sp³-hybridized carbons (Fsp3) is 0.105. The van der Waals surface area contributed by atoms with E-state index in [4.69, 9.17) is 16.3 Å². The normalized spacial score (nSPS) is 10.4. The van der Waals surface area contributed by atoms with Crippen molar-refractivity contribution < 1.29 is 9.53 Å². The lowest BCUT2D eigenvalue weighted by Crippen LogP contribution is -2.26. The second-order valence-electron chi connectivity index (χ2n) is 5.34. The Labute approximate surface area is 155 Å². The van der Waals surface area contributed by atoms with E-state index < -0.39 is 11.5 Å². The summed E-state index contributed by atoms with van der Waals surface area (Å²) in [6.45, 7) is 2.46. The van der Waals surface area contributed by atoms with Crippen LogP contribution >= 0.6 is 11.6 Å². The molecule has 7 heteroatoms. The van der Waals surface area contributed by atoms with Gasteiger partial charge < -0.3 is 10.1 Å². The van der Waals surface area contributed by atoms with Gasteiger partial charge in [-0.2, -0.15) is 0 Å². The summed E-state index contributed by atoms with van der Waals surface area (Å²) in [7, 11) is 0. The number of aromatic nitrogens is 2. The minimum atomic E-state index is -0.435. The van der Waals surface area contributed by atoms with E-state index in [-0.39, 0.29) is 5.82 Å². The Bertz CT molecular complexity index is 967. The highest BCUT2D eigenvalue weighted by Crippen LogP contribution is 2.15. The molecule has 0 unspecified atom stereocenters. The summed E-state index contributed by atoms with van der Waals surface area (Å²) >= 11 is 5.81. The third-order valence-corrected chi connectivity index (χ3v) is 3.86. The molecule has 0 radical (unpaired) electrons. The topological polar surface area (TPSA) is 73.2 Å². The van der Waals surface area contributed by atoms with Gasteiger partial charge in [-0.25, -0.2) is 4.98 Å². The summed E-state index contributed by atoms with van der Waals surface area (Å²) in [6, 6.07) is 13.4. The van der Waals surface area contributed by atoms with Gasteiger partial charge in [0.2, 0.25) is 0 Å². The Morgan fingerprint density at radius 1 is 1.15 bits per heavy atom. The van der Waals surface area contributed by atoms with Crippen molar-refractivity contribution in [1.29, 1.82) is 0 Å². The molecule has 0 atom stereocenters. The Kier molecular flexibility index (Phi) is 5.34. The fourth-order valence-corrected chi connectivity index (χ4v) is 2.48. The van der Waals surface area contributed by atoms with Gasteiger partial charge in [0.05, 0.1) is 6.61 Å². The second-order valence-corrected chi connectivity index (χ2v) is 5.78. The highest BCUT2D eigenvalue weighted by molar-refractivity contribution is 6.30. The lowest BCUT2D eigenvalue weighted by Gasteiger charge is -2.09. The molecule has 0 bridgehead atoms. The van der Waals surface area contributed by atoms with E-state index in [0.29, 0.717) is 22.9 Å². The summed E-state index contributed by atoms with van der Waals surface area (Å²) in [5.74, 6) is 0.228. The molecule has 1 N–H and O–H groups in total. The van der Waals surface area contributed by atoms with Crippen LogP contribution in [0.3, 0.4) is 0 Å². The molecule has 3 aromatic rings. The zero-order chi connectivity index (χ0) is 18.5. The summed E-state index contributed by atoms with van der Waals surface area (Å²) in [5.41, 5.74) is 0.592. The predicted octanol–water partition coefficient (Wildman–Crippen LogP) is 3.54. The van der Waals surface area contributed by atoms with Crippen molar-refractivity contribution in [3.05, 3.63) is 81.9 Å². The average molecular weight is 370 g/mol. The van der Waals surface area contributed by atoms with Gasteiger partial charge in [-0.1, -0.05) is 11.6 Å². The van der Waals surface area contributed by atoms with Gasteiger partial charge in [-0.15, -0.1) is 0 Å². The molecule has 0 aliphatic heterocycles. The molecule has 6 nitrogen and oxygen atoms in total. The van der Waals surface area contributed by atoms with E-state index in [9.17, 15) is 9.59 Å². The number of rotatable bonds is 5. The smallest absolute Gasteiger partial charge is 0.298 e. The number of carbonyl (C=O) groups is 1. The van der Waals surface area contributed by atoms with Crippen LogP contribution in [0, 0.1) is 0 Å². The van der Waals surface area contributed by atoms with Crippen LogP contribution in [-0.2, 0) is 0 Å². The van der Waals surface area contributed by atoms with Gasteiger partial charge in [0, 0.05) is 28.7 Å². The van der Waals surface area contributed by atoms with E-state index in [2.05, 4.69) is 10.3 Å². The molecule has 0 aliphatic rings. The molecule has 1 aromatic heterocycles. The standard InChI is InChI=1S/C19H16ClN3O3/c1-2-26-16-9-7-15(8-10-16)23-12-11-21-17(19(23)25)22-18(24)13-3-5-14(20)6-4-13/h3-12H,2H2,1H3,(H,21,22,24). The van der Waals surface area contributed by atoms with Crippen molar-refractivity contribution in [2.45, 2.75) is 6.92 Å². The lowest BCUT2D eigenvalue weighted by molar-refractivity contribution is 0.102. The average Bonchev–Trinajstić information content (AvgIpc) is 2.65. The van der Waals surface area contributed by atoms with E-state index in [0.717, 1.165) is 5.75 Å². The van der Waals surface area contributed by atoms with Crippen molar-refractivity contribution in [2.24, 2.45) is 0 Å². The number of nitrogens with one attached hydrogen (secondary N) is 1. The van der Waals surface area contributed by atoms with Crippen molar-refractivity contribution in [1.82, 2.24) is 9.55 Å². The highest BCUT2D eigenvalue weighted by atomic mass is 35.5. The van der Waals surface area contributed by atoms with Crippen LogP contribution in [-0.4, -0.2) is 22.1 Å². The zero-order valence-corrected chi connectivity index (χ0v) is 14.7. The molecule has 1 heterocycles. The second kappa shape index (κ2) is 7.84. The van der Waals surface area contributed by atoms with Gasteiger partial charge in [-0.3, -0.25) is 14.2 Å². The summed E-state index contributed by atoms with van der Waals surface area (Å²) in [6.07, 6.45) is 2.99. The Morgan fingerprint density at radius 2 is 1.85 bits per heavy atom. The van der Waals surface area contributed by atoms with Crippen molar-refractivity contribution >= 4 is 23.3 Å². The van der Waals surface area contributed by atoms with E-state index in [1.165, 1.54) is 17.0 Å². The Morgan fingerprint density at radius 3 is 2.50 bits per heavy atom. The maximum atomic E-state index is 12.6. The van der Waals surface area contributed by atoms with Crippen molar-refractivity contribution in [2.75, 3.05) is 11.9 Å². The first-order valence-corrected chi connectivity index (χ1v) is 8.34. The fourth-order valence-electron chi connectivity index (χ4n) is 2.35. The van der Waals surface area contributed by atoms with Gasteiger partial charge in [0.25, 0.3) is 11.5 Å². The van der Waals surface area contributed by atoms with Crippen LogP contribution in [0.5, 0.6) is 5.75 Å². The molecule has 2 aromatic carbocycles. The number of amides is 1. The van der Waals surface area contributed by atoms with Gasteiger partial charge in [0.1, 0.15) is 5.75 Å². The molecule has 1 amide bonds. The lowest BCUT2D eigenvalue weighted by atomic mass is 10.2. The van der Waals surface area contributed by atoms with Gasteiger partial charge >= 0.3 is 0 Å². The molecule has 0 aliphatic carbocycles. The number of nitrogens with zero attached hydrogens (tertiary/aromatic N) is 2. The first kappa shape index (κ1) is 17.7. The van der Waals surface area contributed by atoms with Crippen LogP contribution in [0.25, 0.3) is 5.69 Å². The molecular formula is C19H16ClN3O3. The molecular weight excluding hydrogens is 354 g/mol. The quantitative estimate of drug-likeness (QED) is 0.746. The SMILES string of the molecule is CCOc1ccc(-n2ccnc(NC(=O)c3ccc(Cl)cc3)c2=O)cc1. The molecule has 0 spiro atoms. The minimum Gasteiger partial charge on any atom is -0.494 e. The number of hydrogen-bond donors (Lipinski definition) is 1. The molecule has 26 heavy (non-hydrogen) atoms. The molecule has 0 fully saturated rings. The monoisotopic (exact) mass is 369 g/mol. The molecule has 0 saturated carbocycles. The maximum absolute atomic E-state index is 12.6. The number of hydrogen-bond acceptors (Lipinski definition) is 4. The number of anilines is 1. The summed E-state index contributed by atoms with van der Waals surface area (Å²) in [4.78, 5) is 28.9. The summed E-state index contributed by atoms with van der Waals surface area (Å²) < 4.78 is 6.80. The molecule has 132 valence electrons. The van der Waals surface area contributed by atoms with Gasteiger partial charge in [-0.05, 0) is 55.5 Å². The van der Waals surface area contributed by atoms with Crippen LogP contribution < -0.4 is 15.6 Å². The van der Waals surface area contributed by atoms with E-state index in [1.54, 1.807) is 48.5 Å². The third-order valence-electron chi connectivity index (χ3n) is 3.60. The largest absolute Gasteiger partial charge is 0.494 e. The first-order valence-electron chi connectivity index (χ1n) is 7.96. The van der Waals surface area contributed by atoms with Crippen LogP contribution in [0.1, 0.15) is 17.3 Å². The van der Waals surface area contributed by atoms with Crippen molar-refractivity contribution in [3.63, 3.8) is 0 Å². The van der Waals surface area contributed by atoms with Crippen LogP contribution in [0.2, 0.25) is 5.02 Å². The van der Waals surface area contributed by atoms with Gasteiger partial charge in [0.15, 0.2) is 5.82 Å². The van der Waals surface area contributed by atoms with Crippen molar-refractivity contribution in [3.8, 4) is 11.4 Å². The Balaban J connectivity index is 1.86. The zero-order valence-electron chi connectivity index (χ0n) is 14.0. The van der Waals surface area contributed by atoms with E-state index >= 15 is 0 Å². The number of halogens is 1. The molecule has 3 rings (SSSR count). The maximum Gasteiger partial charge on any atom is 0.298 e. The Hall–Kier alpha value is -3.12. The number of ether oxygens (including phenoxy) is 1. The third kappa shape index (κ3) is 3.92. The highest BCUT2D eigenvalue weighted by Gasteiger charge is 2.12. The summed E-state index contributed by atoms with van der Waals surface area (Å²) in [5, 5.41) is 3.06.